The van der Waals surface area contributed by atoms with E-state index in [0.717, 1.165) is 34.5 Å². The molecule has 5 atom stereocenters. The summed E-state index contributed by atoms with van der Waals surface area (Å²) in [6.07, 6.45) is 15.1. The first-order valence-electron chi connectivity index (χ1n) is 11.7. The summed E-state index contributed by atoms with van der Waals surface area (Å²) < 4.78 is 11.1. The third-order valence-electron chi connectivity index (χ3n) is 7.44. The summed E-state index contributed by atoms with van der Waals surface area (Å²) in [5.74, 6) is 2.51. The molecule has 0 spiro atoms. The predicted molar refractivity (Wildman–Crippen MR) is 131 cm³/mol. The monoisotopic (exact) mass is 454 g/mol. The summed E-state index contributed by atoms with van der Waals surface area (Å²) in [5.41, 5.74) is 0.890. The van der Waals surface area contributed by atoms with Gasteiger partial charge in [0.1, 0.15) is 11.5 Å². The third kappa shape index (κ3) is 4.24. The number of hydrogen-bond acceptors (Lipinski definition) is 4. The number of aliphatic hydroxyl groups excluding tert-OH is 1. The Kier molecular flexibility index (Phi) is 6.90. The van der Waals surface area contributed by atoms with Crippen LogP contribution in [0.4, 0.5) is 0 Å². The summed E-state index contributed by atoms with van der Waals surface area (Å²) in [6, 6.07) is 16.0. The minimum Gasteiger partial charge on any atom is -0.497 e. The average molecular weight is 455 g/mol. The predicted octanol–water partition coefficient (Wildman–Crippen LogP) is 4.49. The van der Waals surface area contributed by atoms with Crippen molar-refractivity contribution in [2.24, 2.45) is 5.92 Å². The van der Waals surface area contributed by atoms with Crippen molar-refractivity contribution in [3.8, 4) is 11.5 Å². The Morgan fingerprint density at radius 2 is 1.38 bits per heavy atom. The fraction of sp³-hybridized carbons (Fsp3) is 0.267. The molecule has 34 heavy (non-hydrogen) atoms. The highest BCUT2D eigenvalue weighted by molar-refractivity contribution is 5.50. The molecule has 2 N–H and O–H groups in total. The number of rotatable bonds is 7. The van der Waals surface area contributed by atoms with Gasteiger partial charge in [-0.1, -0.05) is 24.3 Å². The Balaban J connectivity index is 1.64. The summed E-state index contributed by atoms with van der Waals surface area (Å²) >= 11 is 0. The van der Waals surface area contributed by atoms with Gasteiger partial charge in [-0.05, 0) is 105 Å². The van der Waals surface area contributed by atoms with Gasteiger partial charge < -0.3 is 19.7 Å². The smallest absolute Gasteiger partial charge is 0.119 e. The molecule has 3 aliphatic carbocycles. The van der Waals surface area contributed by atoms with Gasteiger partial charge in [0.05, 0.1) is 25.9 Å². The van der Waals surface area contributed by atoms with Gasteiger partial charge in [-0.3, -0.25) is 0 Å². The second-order valence-electron chi connectivity index (χ2n) is 9.18. The molecule has 0 aliphatic heterocycles. The van der Waals surface area contributed by atoms with E-state index in [1.807, 2.05) is 87.8 Å². The van der Waals surface area contributed by atoms with Crippen molar-refractivity contribution in [2.45, 2.75) is 30.0 Å². The van der Waals surface area contributed by atoms with Crippen molar-refractivity contribution in [3.63, 3.8) is 0 Å². The molecule has 5 rings (SSSR count). The van der Waals surface area contributed by atoms with E-state index in [0.29, 0.717) is 6.42 Å². The number of ether oxygens (including phenoxy) is 2. The molecule has 0 unspecified atom stereocenters. The van der Waals surface area contributed by atoms with Crippen molar-refractivity contribution < 1.29 is 19.7 Å². The lowest BCUT2D eigenvalue weighted by Gasteiger charge is -2.41. The molecule has 10 radical (unpaired) electrons. The van der Waals surface area contributed by atoms with Gasteiger partial charge in [0.15, 0.2) is 0 Å². The molecule has 3 fully saturated rings. The normalized spacial score (nSPS) is 31.1. The fourth-order valence-electron chi connectivity index (χ4n) is 5.86. The van der Waals surface area contributed by atoms with Crippen LogP contribution in [0.5, 0.6) is 11.5 Å². The van der Waals surface area contributed by atoms with Gasteiger partial charge in [-0.2, -0.15) is 0 Å². The molecule has 0 heterocycles. The van der Waals surface area contributed by atoms with Crippen LogP contribution < -0.4 is 9.47 Å². The molecule has 0 saturated heterocycles. The van der Waals surface area contributed by atoms with Gasteiger partial charge in [-0.25, -0.2) is 0 Å². The van der Waals surface area contributed by atoms with Gasteiger partial charge in [0.25, 0.3) is 0 Å². The molecular weight excluding hydrogens is 424 g/mol. The van der Waals surface area contributed by atoms with Crippen molar-refractivity contribution in [2.75, 3.05) is 14.2 Å². The lowest BCUT2D eigenvalue weighted by atomic mass is 9.68. The van der Waals surface area contributed by atoms with E-state index in [9.17, 15) is 10.2 Å². The number of aliphatic hydroxyl groups is 2. The number of hydrogen-bond donors (Lipinski definition) is 2. The van der Waals surface area contributed by atoms with E-state index < -0.39 is 17.6 Å². The van der Waals surface area contributed by atoms with Crippen LogP contribution >= 0.6 is 0 Å². The van der Waals surface area contributed by atoms with Gasteiger partial charge >= 0.3 is 0 Å². The van der Waals surface area contributed by atoms with Crippen LogP contribution in [-0.4, -0.2) is 36.1 Å². The minimum atomic E-state index is -1.22. The fourth-order valence-corrected chi connectivity index (χ4v) is 5.86. The van der Waals surface area contributed by atoms with Crippen LogP contribution in [0.15, 0.2) is 48.5 Å². The summed E-state index contributed by atoms with van der Waals surface area (Å²) in [5, 5.41) is 24.1. The van der Waals surface area contributed by atoms with Crippen LogP contribution in [0.1, 0.15) is 29.4 Å². The maximum absolute atomic E-state index is 12.4. The molecule has 3 aliphatic rings. The second-order valence-corrected chi connectivity index (χ2v) is 9.18. The van der Waals surface area contributed by atoms with Crippen molar-refractivity contribution >= 4 is 0 Å². The molecule has 0 amide bonds. The van der Waals surface area contributed by atoms with E-state index in [4.69, 9.17) is 9.47 Å². The van der Waals surface area contributed by atoms with E-state index in [1.165, 1.54) is 0 Å². The number of methoxy groups -OCH3 is 2. The molecule has 3 saturated carbocycles. The first-order chi connectivity index (χ1) is 16.5. The van der Waals surface area contributed by atoms with Gasteiger partial charge in [-0.15, -0.1) is 0 Å². The minimum absolute atomic E-state index is 0.0447. The first kappa shape index (κ1) is 23.7. The number of benzene rings is 2. The molecular formula is C30H30O4. The Hall–Kier alpha value is -2.04. The summed E-state index contributed by atoms with van der Waals surface area (Å²) in [6.45, 7) is 0. The highest BCUT2D eigenvalue weighted by Gasteiger charge is 2.60. The third-order valence-corrected chi connectivity index (χ3v) is 7.44. The molecule has 4 heteroatoms. The Morgan fingerprint density at radius 3 is 2.00 bits per heavy atom. The summed E-state index contributed by atoms with van der Waals surface area (Å²) in [7, 11) is 3.32. The van der Waals surface area contributed by atoms with Crippen molar-refractivity contribution in [1.29, 1.82) is 0 Å². The SMILES string of the molecule is COc1cccc([C@@H]2[C@@H]([C@@H](O)[C]3[CH][CH][CH][CH]3)[C@](O)([C]3[CH][CH][CH][CH]3)C[C@@H]2c2cccc(OC)c2)c1. The maximum atomic E-state index is 12.4. The van der Waals surface area contributed by atoms with Crippen LogP contribution in [-0.2, 0) is 0 Å². The van der Waals surface area contributed by atoms with Crippen LogP contribution in [0.2, 0.25) is 0 Å². The summed E-state index contributed by atoms with van der Waals surface area (Å²) in [4.78, 5) is 0. The van der Waals surface area contributed by atoms with Crippen molar-refractivity contribution in [1.82, 2.24) is 0 Å². The zero-order valence-electron chi connectivity index (χ0n) is 19.5. The molecule has 2 aromatic rings. The lowest BCUT2D eigenvalue weighted by Crippen LogP contribution is -2.48. The molecule has 0 bridgehead atoms. The van der Waals surface area contributed by atoms with E-state index in [-0.39, 0.29) is 11.8 Å². The van der Waals surface area contributed by atoms with Gasteiger partial charge in [0, 0.05) is 17.8 Å². The van der Waals surface area contributed by atoms with Crippen molar-refractivity contribution in [3.05, 3.63) is 123 Å². The second kappa shape index (κ2) is 9.91. The van der Waals surface area contributed by atoms with Crippen LogP contribution in [0, 0.1) is 69.1 Å². The van der Waals surface area contributed by atoms with E-state index in [2.05, 4.69) is 12.1 Å². The highest BCUT2D eigenvalue weighted by atomic mass is 16.5. The quantitative estimate of drug-likeness (QED) is 0.647. The highest BCUT2D eigenvalue weighted by Crippen LogP contribution is 2.62. The first-order valence-corrected chi connectivity index (χ1v) is 11.7. The zero-order valence-corrected chi connectivity index (χ0v) is 19.5. The topological polar surface area (TPSA) is 58.9 Å². The molecule has 4 nitrogen and oxygen atoms in total. The molecule has 0 aromatic heterocycles. The molecule has 174 valence electrons. The van der Waals surface area contributed by atoms with E-state index >= 15 is 0 Å². The zero-order chi connectivity index (χ0) is 23.7. The Labute approximate surface area is 204 Å². The van der Waals surface area contributed by atoms with Crippen LogP contribution in [0.3, 0.4) is 0 Å². The Morgan fingerprint density at radius 1 is 0.824 bits per heavy atom. The van der Waals surface area contributed by atoms with Crippen LogP contribution in [0.25, 0.3) is 0 Å². The largest absolute Gasteiger partial charge is 0.497 e. The standard InChI is InChI=1S/C30H30O4/c1-33-24-15-7-11-21(17-24)26-19-30(32,23-13-5-6-14-23)28(29(31)20-9-3-4-10-20)27(26)22-12-8-16-25(18-22)34-2/h3-18,26-29,31-32H,19H2,1-2H3/t26-,27+,28+,29+,30-/m1/s1. The Bertz CT molecular complexity index is 962. The lowest BCUT2D eigenvalue weighted by molar-refractivity contribution is -0.0334. The molecule has 2 aromatic carbocycles. The maximum Gasteiger partial charge on any atom is 0.119 e. The van der Waals surface area contributed by atoms with E-state index in [1.54, 1.807) is 14.2 Å². The van der Waals surface area contributed by atoms with Gasteiger partial charge in [0.2, 0.25) is 0 Å². The average Bonchev–Trinajstić information content (AvgIpc) is 3.64.